The molecule has 0 bridgehead atoms. The lowest BCUT2D eigenvalue weighted by Crippen LogP contribution is -2.51. The summed E-state index contributed by atoms with van der Waals surface area (Å²) in [6.07, 6.45) is 3.59. The molecule has 9 heteroatoms. The summed E-state index contributed by atoms with van der Waals surface area (Å²) in [5.74, 6) is 1.05. The number of aryl methyl sites for hydroxylation is 2. The van der Waals surface area contributed by atoms with Gasteiger partial charge in [0.2, 0.25) is 5.91 Å². The molecule has 2 fully saturated rings. The van der Waals surface area contributed by atoms with Crippen molar-refractivity contribution in [3.63, 3.8) is 0 Å². The van der Waals surface area contributed by atoms with Crippen LogP contribution in [0.25, 0.3) is 10.2 Å². The smallest absolute Gasteiger partial charge is 0.223 e. The summed E-state index contributed by atoms with van der Waals surface area (Å²) in [6.45, 7) is 7.56. The van der Waals surface area contributed by atoms with Crippen molar-refractivity contribution in [2.24, 2.45) is 5.92 Å². The molecule has 1 N–H and O–H groups in total. The standard InChI is InChI=1S/C19H26N4O3S2/c1-12-13(2)27-18-15(12)16(20-11-21-18)23-7-4-14(5-8-23)17(24)22-19(3)6-9-28(25,26)10-19/h11,14H,4-10H2,1-3H3,(H,22,24)/t19-/m1/s1. The largest absolute Gasteiger partial charge is 0.356 e. The van der Waals surface area contributed by atoms with Gasteiger partial charge in [-0.15, -0.1) is 11.3 Å². The fourth-order valence-electron chi connectivity index (χ4n) is 4.27. The maximum Gasteiger partial charge on any atom is 0.223 e. The van der Waals surface area contributed by atoms with Gasteiger partial charge in [-0.3, -0.25) is 4.79 Å². The quantitative estimate of drug-likeness (QED) is 0.815. The number of hydrogen-bond acceptors (Lipinski definition) is 7. The lowest BCUT2D eigenvalue weighted by Gasteiger charge is -2.34. The lowest BCUT2D eigenvalue weighted by atomic mass is 9.93. The SMILES string of the molecule is Cc1sc2ncnc(N3CCC(C(=O)N[C@]4(C)CCS(=O)(=O)C4)CC3)c2c1C. The number of thiophene rings is 1. The Morgan fingerprint density at radius 2 is 2.00 bits per heavy atom. The van der Waals surface area contributed by atoms with Crippen LogP contribution in [-0.4, -0.2) is 54.4 Å². The third kappa shape index (κ3) is 3.61. The summed E-state index contributed by atoms with van der Waals surface area (Å²) in [7, 11) is -3.03. The molecule has 2 aromatic rings. The van der Waals surface area contributed by atoms with Crippen LogP contribution in [0.2, 0.25) is 0 Å². The number of carbonyl (C=O) groups is 1. The minimum atomic E-state index is -3.03. The Balaban J connectivity index is 1.43. The zero-order chi connectivity index (χ0) is 20.1. The van der Waals surface area contributed by atoms with E-state index >= 15 is 0 Å². The summed E-state index contributed by atoms with van der Waals surface area (Å²) >= 11 is 1.69. The van der Waals surface area contributed by atoms with Gasteiger partial charge in [0.05, 0.1) is 22.4 Å². The van der Waals surface area contributed by atoms with Gasteiger partial charge in [-0.05, 0) is 45.6 Å². The average Bonchev–Trinajstić information content (AvgIpc) is 3.09. The van der Waals surface area contributed by atoms with Gasteiger partial charge in [-0.2, -0.15) is 0 Å². The Labute approximate surface area is 169 Å². The minimum Gasteiger partial charge on any atom is -0.356 e. The van der Waals surface area contributed by atoms with E-state index in [9.17, 15) is 13.2 Å². The van der Waals surface area contributed by atoms with Crippen molar-refractivity contribution in [2.45, 2.75) is 45.6 Å². The molecule has 7 nitrogen and oxygen atoms in total. The van der Waals surface area contributed by atoms with E-state index in [2.05, 4.69) is 34.0 Å². The third-order valence-electron chi connectivity index (χ3n) is 6.04. The molecule has 1 atom stereocenters. The summed E-state index contributed by atoms with van der Waals surface area (Å²) < 4.78 is 23.5. The van der Waals surface area contributed by atoms with Gasteiger partial charge < -0.3 is 10.2 Å². The number of aromatic nitrogens is 2. The van der Waals surface area contributed by atoms with E-state index in [0.717, 1.165) is 42.0 Å². The van der Waals surface area contributed by atoms with Crippen LogP contribution in [0.15, 0.2) is 6.33 Å². The molecule has 0 spiro atoms. The topological polar surface area (TPSA) is 92.3 Å². The van der Waals surface area contributed by atoms with E-state index in [1.54, 1.807) is 17.7 Å². The van der Waals surface area contributed by atoms with Crippen LogP contribution in [0.5, 0.6) is 0 Å². The predicted octanol–water partition coefficient (Wildman–Crippen LogP) is 2.22. The monoisotopic (exact) mass is 422 g/mol. The molecule has 4 heterocycles. The summed E-state index contributed by atoms with van der Waals surface area (Å²) in [5.41, 5.74) is 0.600. The van der Waals surface area contributed by atoms with Crippen molar-refractivity contribution >= 4 is 43.1 Å². The molecule has 2 saturated heterocycles. The maximum absolute atomic E-state index is 12.7. The van der Waals surface area contributed by atoms with Crippen LogP contribution in [0.4, 0.5) is 5.82 Å². The van der Waals surface area contributed by atoms with Crippen molar-refractivity contribution < 1.29 is 13.2 Å². The second kappa shape index (κ2) is 6.95. The molecule has 0 unspecified atom stereocenters. The van der Waals surface area contributed by atoms with Crippen LogP contribution in [0.3, 0.4) is 0 Å². The second-order valence-electron chi connectivity index (χ2n) is 8.31. The first-order chi connectivity index (χ1) is 13.2. The van der Waals surface area contributed by atoms with Crippen molar-refractivity contribution in [2.75, 3.05) is 29.5 Å². The highest BCUT2D eigenvalue weighted by molar-refractivity contribution is 7.91. The Hall–Kier alpha value is -1.74. The Morgan fingerprint density at radius 1 is 1.29 bits per heavy atom. The number of nitrogens with zero attached hydrogens (tertiary/aromatic N) is 3. The normalized spacial score (nSPS) is 25.3. The molecule has 2 aliphatic heterocycles. The molecule has 0 aliphatic carbocycles. The molecule has 28 heavy (non-hydrogen) atoms. The second-order valence-corrected chi connectivity index (χ2v) is 11.7. The van der Waals surface area contributed by atoms with E-state index in [1.165, 1.54) is 10.4 Å². The highest BCUT2D eigenvalue weighted by Crippen LogP contribution is 2.35. The van der Waals surface area contributed by atoms with E-state index in [-0.39, 0.29) is 23.3 Å². The van der Waals surface area contributed by atoms with Crippen molar-refractivity contribution in [1.82, 2.24) is 15.3 Å². The van der Waals surface area contributed by atoms with Gasteiger partial charge in [0.25, 0.3) is 0 Å². The number of rotatable bonds is 3. The number of amides is 1. The molecule has 1 amide bonds. The zero-order valence-corrected chi connectivity index (χ0v) is 18.1. The van der Waals surface area contributed by atoms with Crippen LogP contribution in [0, 0.1) is 19.8 Å². The van der Waals surface area contributed by atoms with Crippen molar-refractivity contribution in [3.8, 4) is 0 Å². The van der Waals surface area contributed by atoms with Gasteiger partial charge in [-0.1, -0.05) is 0 Å². The van der Waals surface area contributed by atoms with E-state index < -0.39 is 15.4 Å². The molecule has 152 valence electrons. The van der Waals surface area contributed by atoms with Gasteiger partial charge >= 0.3 is 0 Å². The van der Waals surface area contributed by atoms with Crippen LogP contribution in [0.1, 0.15) is 36.6 Å². The van der Waals surface area contributed by atoms with Gasteiger partial charge in [0, 0.05) is 23.9 Å². The number of sulfone groups is 1. The van der Waals surface area contributed by atoms with E-state index in [0.29, 0.717) is 6.42 Å². The van der Waals surface area contributed by atoms with Crippen molar-refractivity contribution in [3.05, 3.63) is 16.8 Å². The molecule has 0 radical (unpaired) electrons. The molecule has 2 aromatic heterocycles. The number of hydrogen-bond donors (Lipinski definition) is 1. The van der Waals surface area contributed by atoms with Gasteiger partial charge in [0.1, 0.15) is 17.0 Å². The Morgan fingerprint density at radius 3 is 2.64 bits per heavy atom. The predicted molar refractivity (Wildman–Crippen MR) is 112 cm³/mol. The molecule has 0 aromatic carbocycles. The molecule has 0 saturated carbocycles. The third-order valence-corrected chi connectivity index (χ3v) is 9.06. The Bertz CT molecular complexity index is 1030. The summed E-state index contributed by atoms with van der Waals surface area (Å²) in [4.78, 5) is 26.2. The first-order valence-corrected chi connectivity index (χ1v) is 12.3. The number of piperidine rings is 1. The number of nitrogens with one attached hydrogen (secondary N) is 1. The summed E-state index contributed by atoms with van der Waals surface area (Å²) in [6, 6.07) is 0. The Kier molecular flexibility index (Phi) is 4.86. The lowest BCUT2D eigenvalue weighted by molar-refractivity contribution is -0.127. The molecule has 2 aliphatic rings. The van der Waals surface area contributed by atoms with Gasteiger partial charge in [0.15, 0.2) is 9.84 Å². The number of fused-ring (bicyclic) bond motifs is 1. The fourth-order valence-corrected chi connectivity index (χ4v) is 7.35. The molecular weight excluding hydrogens is 396 g/mol. The fraction of sp³-hybridized carbons (Fsp3) is 0.632. The average molecular weight is 423 g/mol. The van der Waals surface area contributed by atoms with Crippen LogP contribution < -0.4 is 10.2 Å². The van der Waals surface area contributed by atoms with Crippen LogP contribution in [-0.2, 0) is 14.6 Å². The molecular formula is C19H26N4O3S2. The maximum atomic E-state index is 12.7. The minimum absolute atomic E-state index is 0.0188. The zero-order valence-electron chi connectivity index (χ0n) is 16.5. The highest BCUT2D eigenvalue weighted by Gasteiger charge is 2.40. The highest BCUT2D eigenvalue weighted by atomic mass is 32.2. The van der Waals surface area contributed by atoms with Crippen molar-refractivity contribution in [1.29, 1.82) is 0 Å². The van der Waals surface area contributed by atoms with E-state index in [1.807, 2.05) is 6.92 Å². The number of anilines is 1. The van der Waals surface area contributed by atoms with Gasteiger partial charge in [-0.25, -0.2) is 18.4 Å². The first kappa shape index (κ1) is 19.6. The van der Waals surface area contributed by atoms with Crippen LogP contribution >= 0.6 is 11.3 Å². The molecule has 4 rings (SSSR count). The summed E-state index contributed by atoms with van der Waals surface area (Å²) in [5, 5.41) is 4.14. The van der Waals surface area contributed by atoms with E-state index in [4.69, 9.17) is 0 Å². The number of carbonyl (C=O) groups excluding carboxylic acids is 1. The first-order valence-electron chi connectivity index (χ1n) is 9.66.